The van der Waals surface area contributed by atoms with E-state index in [2.05, 4.69) is 5.32 Å². The summed E-state index contributed by atoms with van der Waals surface area (Å²) in [6.45, 7) is 5.95. The van der Waals surface area contributed by atoms with Gasteiger partial charge in [-0.25, -0.2) is 4.79 Å². The van der Waals surface area contributed by atoms with Gasteiger partial charge in [0.1, 0.15) is 5.69 Å². The minimum absolute atomic E-state index is 0.0424. The number of nitrogens with one attached hydrogen (secondary N) is 1. The molecule has 0 aliphatic rings. The van der Waals surface area contributed by atoms with Crippen molar-refractivity contribution in [3.05, 3.63) is 33.9 Å². The van der Waals surface area contributed by atoms with E-state index in [9.17, 15) is 14.9 Å². The number of carbonyl (C=O) groups is 1. The third kappa shape index (κ3) is 3.94. The van der Waals surface area contributed by atoms with Gasteiger partial charge in [0.15, 0.2) is 0 Å². The van der Waals surface area contributed by atoms with Gasteiger partial charge in [-0.2, -0.15) is 0 Å². The highest BCUT2D eigenvalue weighted by molar-refractivity contribution is 5.96. The number of anilines is 1. The average molecular weight is 266 g/mol. The Bertz CT molecular complexity index is 453. The zero-order valence-corrected chi connectivity index (χ0v) is 11.2. The van der Waals surface area contributed by atoms with Gasteiger partial charge in [0.2, 0.25) is 0 Å². The van der Waals surface area contributed by atoms with Crippen LogP contribution in [0.15, 0.2) is 18.2 Å². The molecule has 0 amide bonds. The van der Waals surface area contributed by atoms with Gasteiger partial charge < -0.3 is 10.4 Å². The highest BCUT2D eigenvalue weighted by Gasteiger charge is 2.22. The Morgan fingerprint density at radius 1 is 1.42 bits per heavy atom. The lowest BCUT2D eigenvalue weighted by atomic mass is 10.0. The molecule has 1 unspecified atom stereocenters. The molecule has 0 bridgehead atoms. The van der Waals surface area contributed by atoms with E-state index in [-0.39, 0.29) is 23.0 Å². The minimum atomic E-state index is -1.18. The summed E-state index contributed by atoms with van der Waals surface area (Å²) in [5.74, 6) is -0.763. The summed E-state index contributed by atoms with van der Waals surface area (Å²) in [4.78, 5) is 21.5. The van der Waals surface area contributed by atoms with Crippen molar-refractivity contribution in [2.75, 3.05) is 5.32 Å². The second-order valence-electron chi connectivity index (χ2n) is 4.94. The van der Waals surface area contributed by atoms with Crippen molar-refractivity contribution >= 4 is 17.3 Å². The number of benzene rings is 1. The number of carboxylic acids is 1. The first-order chi connectivity index (χ1) is 8.82. The van der Waals surface area contributed by atoms with Crippen molar-refractivity contribution in [1.82, 2.24) is 0 Å². The Kier molecular flexibility index (Phi) is 4.86. The third-order valence-corrected chi connectivity index (χ3v) is 2.69. The fraction of sp³-hybridized carbons (Fsp3) is 0.462. The molecule has 0 aliphatic carbocycles. The molecule has 1 aromatic rings. The van der Waals surface area contributed by atoms with Gasteiger partial charge in [-0.1, -0.05) is 19.9 Å². The molecule has 0 fully saturated rings. The fourth-order valence-corrected chi connectivity index (χ4v) is 2.03. The summed E-state index contributed by atoms with van der Waals surface area (Å²) in [6, 6.07) is 4.00. The number of para-hydroxylation sites is 1. The first kappa shape index (κ1) is 14.9. The Balaban J connectivity index is 3.14. The van der Waals surface area contributed by atoms with E-state index in [0.29, 0.717) is 5.92 Å². The molecule has 0 saturated heterocycles. The molecule has 6 nitrogen and oxygen atoms in total. The largest absolute Gasteiger partial charge is 0.478 e. The zero-order chi connectivity index (χ0) is 14.6. The highest BCUT2D eigenvalue weighted by Crippen LogP contribution is 2.29. The average Bonchev–Trinajstić information content (AvgIpc) is 2.27. The van der Waals surface area contributed by atoms with Crippen LogP contribution in [-0.2, 0) is 0 Å². The molecule has 0 radical (unpaired) electrons. The number of hydrogen-bond donors (Lipinski definition) is 2. The standard InChI is InChI=1S/C13H18N2O4/c1-8(2)7-9(3)14-12-10(13(16)17)5-4-6-11(12)15(18)19/h4-6,8-9,14H,7H2,1-3H3,(H,16,17). The lowest BCUT2D eigenvalue weighted by Gasteiger charge is -2.18. The molecule has 0 aliphatic heterocycles. The number of nitro groups is 1. The molecule has 0 aromatic heterocycles. The molecular weight excluding hydrogens is 248 g/mol. The first-order valence-electron chi connectivity index (χ1n) is 6.10. The first-order valence-corrected chi connectivity index (χ1v) is 6.10. The molecule has 1 aromatic carbocycles. The lowest BCUT2D eigenvalue weighted by molar-refractivity contribution is -0.384. The molecule has 0 heterocycles. The van der Waals surface area contributed by atoms with Crippen LogP contribution >= 0.6 is 0 Å². The van der Waals surface area contributed by atoms with Crippen molar-refractivity contribution in [2.24, 2.45) is 5.92 Å². The molecule has 2 N–H and O–H groups in total. The third-order valence-electron chi connectivity index (χ3n) is 2.69. The molecule has 6 heteroatoms. The van der Waals surface area contributed by atoms with E-state index < -0.39 is 10.9 Å². The van der Waals surface area contributed by atoms with Gasteiger partial charge in [-0.3, -0.25) is 10.1 Å². The molecule has 104 valence electrons. The monoisotopic (exact) mass is 266 g/mol. The fourth-order valence-electron chi connectivity index (χ4n) is 2.03. The van der Waals surface area contributed by atoms with E-state index in [4.69, 9.17) is 5.11 Å². The number of rotatable bonds is 6. The quantitative estimate of drug-likeness (QED) is 0.609. The van der Waals surface area contributed by atoms with Crippen LogP contribution in [0.4, 0.5) is 11.4 Å². The maximum absolute atomic E-state index is 11.1. The van der Waals surface area contributed by atoms with Crippen molar-refractivity contribution in [1.29, 1.82) is 0 Å². The zero-order valence-electron chi connectivity index (χ0n) is 11.2. The Labute approximate surface area is 111 Å². The van der Waals surface area contributed by atoms with Gasteiger partial charge in [0.05, 0.1) is 10.5 Å². The van der Waals surface area contributed by atoms with E-state index in [1.165, 1.54) is 18.2 Å². The SMILES string of the molecule is CC(C)CC(C)Nc1c(C(=O)O)cccc1[N+](=O)[O-]. The lowest BCUT2D eigenvalue weighted by Crippen LogP contribution is -2.20. The Hall–Kier alpha value is -2.11. The van der Waals surface area contributed by atoms with Gasteiger partial charge in [-0.05, 0) is 25.3 Å². The van der Waals surface area contributed by atoms with E-state index in [1.807, 2.05) is 20.8 Å². The maximum Gasteiger partial charge on any atom is 0.338 e. The summed E-state index contributed by atoms with van der Waals surface area (Å²) in [5.41, 5.74) is -0.214. The molecular formula is C13H18N2O4. The van der Waals surface area contributed by atoms with Crippen LogP contribution in [-0.4, -0.2) is 22.0 Å². The van der Waals surface area contributed by atoms with Crippen LogP contribution < -0.4 is 5.32 Å². The van der Waals surface area contributed by atoms with Gasteiger partial charge >= 0.3 is 5.97 Å². The van der Waals surface area contributed by atoms with Gasteiger partial charge in [0, 0.05) is 12.1 Å². The Morgan fingerprint density at radius 2 is 2.05 bits per heavy atom. The van der Waals surface area contributed by atoms with Gasteiger partial charge in [-0.15, -0.1) is 0 Å². The second kappa shape index (κ2) is 6.17. The summed E-state index contributed by atoms with van der Waals surface area (Å²) in [6.07, 6.45) is 0.797. The highest BCUT2D eigenvalue weighted by atomic mass is 16.6. The maximum atomic E-state index is 11.1. The number of nitro benzene ring substituents is 1. The molecule has 0 saturated carbocycles. The van der Waals surface area contributed by atoms with Crippen molar-refractivity contribution in [3.8, 4) is 0 Å². The summed E-state index contributed by atoms with van der Waals surface area (Å²) in [5, 5.41) is 23.0. The predicted octanol–water partition coefficient (Wildman–Crippen LogP) is 3.14. The van der Waals surface area contributed by atoms with Crippen molar-refractivity contribution in [3.63, 3.8) is 0 Å². The minimum Gasteiger partial charge on any atom is -0.478 e. The molecule has 19 heavy (non-hydrogen) atoms. The second-order valence-corrected chi connectivity index (χ2v) is 4.94. The summed E-state index contributed by atoms with van der Waals surface area (Å²) >= 11 is 0. The smallest absolute Gasteiger partial charge is 0.338 e. The predicted molar refractivity (Wildman–Crippen MR) is 72.6 cm³/mol. The van der Waals surface area contributed by atoms with E-state index >= 15 is 0 Å². The number of carboxylic acid groups (broad SMARTS) is 1. The van der Waals surface area contributed by atoms with E-state index in [0.717, 1.165) is 6.42 Å². The normalized spacial score (nSPS) is 12.2. The molecule has 1 atom stereocenters. The van der Waals surface area contributed by atoms with Crippen LogP contribution in [0.3, 0.4) is 0 Å². The van der Waals surface area contributed by atoms with Crippen LogP contribution in [0, 0.1) is 16.0 Å². The van der Waals surface area contributed by atoms with Crippen LogP contribution in [0.5, 0.6) is 0 Å². The van der Waals surface area contributed by atoms with Crippen LogP contribution in [0.2, 0.25) is 0 Å². The van der Waals surface area contributed by atoms with Crippen LogP contribution in [0.25, 0.3) is 0 Å². The number of nitrogens with zero attached hydrogens (tertiary/aromatic N) is 1. The topological polar surface area (TPSA) is 92.5 Å². The van der Waals surface area contributed by atoms with E-state index in [1.54, 1.807) is 0 Å². The summed E-state index contributed by atoms with van der Waals surface area (Å²) < 4.78 is 0. The van der Waals surface area contributed by atoms with Crippen molar-refractivity contribution < 1.29 is 14.8 Å². The number of hydrogen-bond acceptors (Lipinski definition) is 4. The Morgan fingerprint density at radius 3 is 2.53 bits per heavy atom. The van der Waals surface area contributed by atoms with Gasteiger partial charge in [0.25, 0.3) is 5.69 Å². The summed E-state index contributed by atoms with van der Waals surface area (Å²) in [7, 11) is 0. The molecule has 0 spiro atoms. The van der Waals surface area contributed by atoms with Crippen molar-refractivity contribution in [2.45, 2.75) is 33.2 Å². The van der Waals surface area contributed by atoms with Crippen LogP contribution in [0.1, 0.15) is 37.6 Å². The number of aromatic carboxylic acids is 1. The molecule has 1 rings (SSSR count).